The standard InChI is InChI=1S/C17H21NO5/c19-16(20)9-8-12-5-3-4-10-18(12)17(21)15-11-22-13-6-1-2-7-14(13)23-15/h1-2,6-7,12,15H,3-5,8-11H2,(H,19,20). The van der Waals surface area contributed by atoms with Crippen molar-refractivity contribution >= 4 is 11.9 Å². The van der Waals surface area contributed by atoms with E-state index < -0.39 is 12.1 Å². The van der Waals surface area contributed by atoms with Crippen molar-refractivity contribution in [1.82, 2.24) is 4.90 Å². The molecular weight excluding hydrogens is 298 g/mol. The van der Waals surface area contributed by atoms with E-state index >= 15 is 0 Å². The lowest BCUT2D eigenvalue weighted by atomic mass is 9.97. The summed E-state index contributed by atoms with van der Waals surface area (Å²) < 4.78 is 11.4. The Hall–Kier alpha value is -2.24. The zero-order chi connectivity index (χ0) is 16.2. The van der Waals surface area contributed by atoms with Gasteiger partial charge < -0.3 is 19.5 Å². The Morgan fingerprint density at radius 1 is 1.22 bits per heavy atom. The number of hydrogen-bond acceptors (Lipinski definition) is 4. The Kier molecular flexibility index (Phi) is 4.69. The van der Waals surface area contributed by atoms with Gasteiger partial charge in [0.25, 0.3) is 5.91 Å². The quantitative estimate of drug-likeness (QED) is 0.919. The number of nitrogens with zero attached hydrogens (tertiary/aromatic N) is 1. The van der Waals surface area contributed by atoms with Gasteiger partial charge in [-0.25, -0.2) is 0 Å². The van der Waals surface area contributed by atoms with Crippen LogP contribution in [0, 0.1) is 0 Å². The maximum Gasteiger partial charge on any atom is 0.303 e. The number of fused-ring (bicyclic) bond motifs is 1. The van der Waals surface area contributed by atoms with Gasteiger partial charge in [0.1, 0.15) is 6.61 Å². The summed E-state index contributed by atoms with van der Waals surface area (Å²) in [6, 6.07) is 7.27. The summed E-state index contributed by atoms with van der Waals surface area (Å²) in [5.74, 6) is 0.303. The fourth-order valence-corrected chi connectivity index (χ4v) is 3.21. The number of carbonyl (C=O) groups excluding carboxylic acids is 1. The first-order chi connectivity index (χ1) is 11.1. The number of benzene rings is 1. The summed E-state index contributed by atoms with van der Waals surface area (Å²) in [5, 5.41) is 8.88. The number of carboxylic acids is 1. The fourth-order valence-electron chi connectivity index (χ4n) is 3.21. The van der Waals surface area contributed by atoms with E-state index in [1.807, 2.05) is 18.2 Å². The van der Waals surface area contributed by atoms with E-state index in [2.05, 4.69) is 0 Å². The lowest BCUT2D eigenvalue weighted by Gasteiger charge is -2.38. The highest BCUT2D eigenvalue weighted by molar-refractivity contribution is 5.82. The Bertz CT molecular complexity index is 588. The summed E-state index contributed by atoms with van der Waals surface area (Å²) in [6.45, 7) is 0.850. The molecule has 0 radical (unpaired) electrons. The molecule has 2 atom stereocenters. The summed E-state index contributed by atoms with van der Waals surface area (Å²) >= 11 is 0. The average molecular weight is 319 g/mol. The van der Waals surface area contributed by atoms with Gasteiger partial charge in [0.2, 0.25) is 6.10 Å². The van der Waals surface area contributed by atoms with E-state index in [0.29, 0.717) is 24.5 Å². The molecule has 2 aliphatic heterocycles. The van der Waals surface area contributed by atoms with Crippen molar-refractivity contribution in [2.24, 2.45) is 0 Å². The van der Waals surface area contributed by atoms with Crippen molar-refractivity contribution in [2.45, 2.75) is 44.2 Å². The molecule has 1 aromatic rings. The van der Waals surface area contributed by atoms with E-state index in [9.17, 15) is 9.59 Å². The number of carboxylic acid groups (broad SMARTS) is 1. The Morgan fingerprint density at radius 3 is 2.78 bits per heavy atom. The SMILES string of the molecule is O=C(O)CCC1CCCCN1C(=O)C1COc2ccccc2O1. The zero-order valence-corrected chi connectivity index (χ0v) is 12.9. The second kappa shape index (κ2) is 6.89. The smallest absolute Gasteiger partial charge is 0.303 e. The van der Waals surface area contributed by atoms with Gasteiger partial charge in [0, 0.05) is 19.0 Å². The fraction of sp³-hybridized carbons (Fsp3) is 0.529. The highest BCUT2D eigenvalue weighted by atomic mass is 16.6. The molecule has 1 saturated heterocycles. The summed E-state index contributed by atoms with van der Waals surface area (Å²) in [6.07, 6.45) is 2.74. The van der Waals surface area contributed by atoms with Crippen LogP contribution in [0.2, 0.25) is 0 Å². The molecule has 0 bridgehead atoms. The van der Waals surface area contributed by atoms with Crippen LogP contribution in [-0.4, -0.2) is 47.2 Å². The second-order valence-corrected chi connectivity index (χ2v) is 5.98. The topological polar surface area (TPSA) is 76.1 Å². The molecule has 1 fully saturated rings. The number of amides is 1. The van der Waals surface area contributed by atoms with Crippen LogP contribution in [0.3, 0.4) is 0 Å². The van der Waals surface area contributed by atoms with Crippen LogP contribution in [0.1, 0.15) is 32.1 Å². The lowest BCUT2D eigenvalue weighted by Crippen LogP contribution is -2.52. The Balaban J connectivity index is 1.67. The molecule has 2 heterocycles. The molecule has 23 heavy (non-hydrogen) atoms. The van der Waals surface area contributed by atoms with Crippen LogP contribution >= 0.6 is 0 Å². The highest BCUT2D eigenvalue weighted by Gasteiger charge is 2.35. The first-order valence-electron chi connectivity index (χ1n) is 8.06. The minimum absolute atomic E-state index is 0.0203. The molecule has 0 aromatic heterocycles. The van der Waals surface area contributed by atoms with E-state index in [1.165, 1.54) is 0 Å². The molecule has 2 unspecified atom stereocenters. The Labute approximate surface area is 135 Å². The first kappa shape index (κ1) is 15.6. The lowest BCUT2D eigenvalue weighted by molar-refractivity contribution is -0.146. The molecule has 3 rings (SSSR count). The normalized spacial score (nSPS) is 23.4. The minimum atomic E-state index is -0.825. The number of rotatable bonds is 4. The van der Waals surface area contributed by atoms with Crippen LogP contribution in [0.4, 0.5) is 0 Å². The van der Waals surface area contributed by atoms with Gasteiger partial charge in [0.05, 0.1) is 0 Å². The average Bonchev–Trinajstić information content (AvgIpc) is 2.59. The third kappa shape index (κ3) is 3.57. The van der Waals surface area contributed by atoms with Gasteiger partial charge in [0.15, 0.2) is 11.5 Å². The molecule has 0 saturated carbocycles. The van der Waals surface area contributed by atoms with Gasteiger partial charge in [-0.3, -0.25) is 9.59 Å². The number of piperidine rings is 1. The monoisotopic (exact) mass is 319 g/mol. The predicted octanol–water partition coefficient (Wildman–Crippen LogP) is 2.07. The Morgan fingerprint density at radius 2 is 2.00 bits per heavy atom. The van der Waals surface area contributed by atoms with E-state index in [-0.39, 0.29) is 25.0 Å². The third-order valence-electron chi connectivity index (χ3n) is 4.39. The molecule has 2 aliphatic rings. The van der Waals surface area contributed by atoms with E-state index in [0.717, 1.165) is 19.3 Å². The van der Waals surface area contributed by atoms with Crippen molar-refractivity contribution in [3.63, 3.8) is 0 Å². The van der Waals surface area contributed by atoms with Crippen molar-refractivity contribution in [1.29, 1.82) is 0 Å². The van der Waals surface area contributed by atoms with Crippen molar-refractivity contribution in [3.8, 4) is 11.5 Å². The number of aliphatic carboxylic acids is 1. The zero-order valence-electron chi connectivity index (χ0n) is 12.9. The van der Waals surface area contributed by atoms with Crippen LogP contribution in [0.15, 0.2) is 24.3 Å². The summed E-state index contributed by atoms with van der Waals surface area (Å²) in [7, 11) is 0. The summed E-state index contributed by atoms with van der Waals surface area (Å²) in [4.78, 5) is 25.4. The largest absolute Gasteiger partial charge is 0.485 e. The second-order valence-electron chi connectivity index (χ2n) is 5.98. The van der Waals surface area contributed by atoms with E-state index in [4.69, 9.17) is 14.6 Å². The molecular formula is C17H21NO5. The molecule has 6 nitrogen and oxygen atoms in total. The van der Waals surface area contributed by atoms with Crippen molar-refractivity contribution in [3.05, 3.63) is 24.3 Å². The highest BCUT2D eigenvalue weighted by Crippen LogP contribution is 2.32. The van der Waals surface area contributed by atoms with Crippen molar-refractivity contribution < 1.29 is 24.2 Å². The van der Waals surface area contributed by atoms with Crippen LogP contribution in [-0.2, 0) is 9.59 Å². The third-order valence-corrected chi connectivity index (χ3v) is 4.39. The molecule has 0 spiro atoms. The molecule has 1 amide bonds. The van der Waals surface area contributed by atoms with Crippen molar-refractivity contribution in [2.75, 3.05) is 13.2 Å². The molecule has 1 N–H and O–H groups in total. The van der Waals surface area contributed by atoms with Gasteiger partial charge >= 0.3 is 5.97 Å². The van der Waals surface area contributed by atoms with Gasteiger partial charge in [-0.05, 0) is 37.8 Å². The van der Waals surface area contributed by atoms with Crippen LogP contribution < -0.4 is 9.47 Å². The maximum absolute atomic E-state index is 12.8. The molecule has 124 valence electrons. The molecule has 6 heteroatoms. The van der Waals surface area contributed by atoms with Gasteiger partial charge in [-0.2, -0.15) is 0 Å². The predicted molar refractivity (Wildman–Crippen MR) is 82.6 cm³/mol. The minimum Gasteiger partial charge on any atom is -0.485 e. The number of ether oxygens (including phenoxy) is 2. The van der Waals surface area contributed by atoms with Crippen LogP contribution in [0.5, 0.6) is 11.5 Å². The number of likely N-dealkylation sites (tertiary alicyclic amines) is 1. The van der Waals surface area contributed by atoms with Gasteiger partial charge in [-0.1, -0.05) is 12.1 Å². The number of hydrogen-bond donors (Lipinski definition) is 1. The summed E-state index contributed by atoms with van der Waals surface area (Å²) in [5.41, 5.74) is 0. The van der Waals surface area contributed by atoms with Gasteiger partial charge in [-0.15, -0.1) is 0 Å². The van der Waals surface area contributed by atoms with Crippen LogP contribution in [0.25, 0.3) is 0 Å². The number of para-hydroxylation sites is 2. The first-order valence-corrected chi connectivity index (χ1v) is 8.06. The molecule has 0 aliphatic carbocycles. The molecule has 1 aromatic carbocycles. The maximum atomic E-state index is 12.8. The van der Waals surface area contributed by atoms with E-state index in [1.54, 1.807) is 11.0 Å². The number of carbonyl (C=O) groups is 2.